The van der Waals surface area contributed by atoms with Crippen LogP contribution in [0.4, 0.5) is 11.5 Å². The van der Waals surface area contributed by atoms with Gasteiger partial charge in [0, 0.05) is 31.0 Å². The van der Waals surface area contributed by atoms with Gasteiger partial charge in [-0.15, -0.1) is 0 Å². The fraction of sp³-hybridized carbons (Fsp3) is 0.200. The first-order chi connectivity index (χ1) is 9.76. The predicted molar refractivity (Wildman–Crippen MR) is 80.6 cm³/mol. The molecule has 0 unspecified atom stereocenters. The maximum absolute atomic E-state index is 5.83. The number of benzene rings is 1. The summed E-state index contributed by atoms with van der Waals surface area (Å²) in [5, 5.41) is 4.16. The van der Waals surface area contributed by atoms with Gasteiger partial charge in [0.2, 0.25) is 0 Å². The molecule has 0 saturated heterocycles. The average molecular weight is 267 g/mol. The maximum atomic E-state index is 5.83. The second-order valence-corrected chi connectivity index (χ2v) is 4.68. The van der Waals surface area contributed by atoms with Crippen molar-refractivity contribution in [3.8, 4) is 0 Å². The summed E-state index contributed by atoms with van der Waals surface area (Å²) in [5.74, 6) is 0.947. The van der Waals surface area contributed by atoms with E-state index in [2.05, 4.69) is 28.0 Å². The van der Waals surface area contributed by atoms with Crippen molar-refractivity contribution in [2.45, 2.75) is 13.5 Å². The van der Waals surface area contributed by atoms with Gasteiger partial charge in [0.1, 0.15) is 5.82 Å². The molecule has 3 rings (SSSR count). The second kappa shape index (κ2) is 5.21. The van der Waals surface area contributed by atoms with E-state index in [9.17, 15) is 0 Å². The first-order valence-electron chi connectivity index (χ1n) is 6.66. The minimum atomic E-state index is 0.790. The van der Waals surface area contributed by atoms with Crippen molar-refractivity contribution in [2.75, 3.05) is 17.2 Å². The Labute approximate surface area is 117 Å². The van der Waals surface area contributed by atoms with Crippen molar-refractivity contribution in [3.63, 3.8) is 0 Å². The first-order valence-corrected chi connectivity index (χ1v) is 6.66. The minimum absolute atomic E-state index is 0.790. The summed E-state index contributed by atoms with van der Waals surface area (Å²) in [5.41, 5.74) is 8.66. The zero-order valence-electron chi connectivity index (χ0n) is 11.4. The highest BCUT2D eigenvalue weighted by Crippen LogP contribution is 2.16. The van der Waals surface area contributed by atoms with Gasteiger partial charge in [-0.05, 0) is 30.7 Å². The smallest absolute Gasteiger partial charge is 0.157 e. The van der Waals surface area contributed by atoms with Crippen molar-refractivity contribution >= 4 is 17.2 Å². The summed E-state index contributed by atoms with van der Waals surface area (Å²) in [4.78, 5) is 6.83. The lowest BCUT2D eigenvalue weighted by molar-refractivity contribution is 0.808. The molecule has 0 atom stereocenters. The van der Waals surface area contributed by atoms with Gasteiger partial charge in [-0.25, -0.2) is 9.50 Å². The molecule has 20 heavy (non-hydrogen) atoms. The SMILES string of the molecule is CCN(Cc1cccc(N)c1)c1ccn2nccc2n1. The summed E-state index contributed by atoms with van der Waals surface area (Å²) in [6.07, 6.45) is 3.68. The zero-order chi connectivity index (χ0) is 13.9. The molecule has 2 heterocycles. The van der Waals surface area contributed by atoms with Crippen LogP contribution in [0.3, 0.4) is 0 Å². The molecule has 0 fully saturated rings. The van der Waals surface area contributed by atoms with Crippen molar-refractivity contribution in [3.05, 3.63) is 54.4 Å². The van der Waals surface area contributed by atoms with E-state index >= 15 is 0 Å². The number of nitrogen functional groups attached to an aromatic ring is 1. The van der Waals surface area contributed by atoms with Gasteiger partial charge < -0.3 is 10.6 Å². The Bertz CT molecular complexity index is 719. The number of nitrogens with zero attached hydrogens (tertiary/aromatic N) is 4. The lowest BCUT2D eigenvalue weighted by Gasteiger charge is -2.22. The maximum Gasteiger partial charge on any atom is 0.157 e. The largest absolute Gasteiger partial charge is 0.399 e. The van der Waals surface area contributed by atoms with Crippen molar-refractivity contribution in [1.82, 2.24) is 14.6 Å². The number of hydrogen-bond acceptors (Lipinski definition) is 4. The molecule has 0 bridgehead atoms. The van der Waals surface area contributed by atoms with Crippen molar-refractivity contribution in [2.24, 2.45) is 0 Å². The molecule has 5 nitrogen and oxygen atoms in total. The third-order valence-electron chi connectivity index (χ3n) is 3.27. The molecule has 0 aliphatic rings. The van der Waals surface area contributed by atoms with Crippen LogP contribution in [0.25, 0.3) is 5.65 Å². The lowest BCUT2D eigenvalue weighted by atomic mass is 10.2. The van der Waals surface area contributed by atoms with Gasteiger partial charge in [0.25, 0.3) is 0 Å². The standard InChI is InChI=1S/C15H17N5/c1-2-19(11-12-4-3-5-13(16)10-12)14-7-9-20-15(18-14)6-8-17-20/h3-10H,2,11,16H2,1H3. The Morgan fingerprint density at radius 1 is 1.25 bits per heavy atom. The fourth-order valence-corrected chi connectivity index (χ4v) is 2.25. The van der Waals surface area contributed by atoms with Crippen LogP contribution in [-0.4, -0.2) is 21.1 Å². The van der Waals surface area contributed by atoms with E-state index in [4.69, 9.17) is 5.73 Å². The number of anilines is 2. The molecule has 0 spiro atoms. The highest BCUT2D eigenvalue weighted by Gasteiger charge is 2.08. The molecular weight excluding hydrogens is 250 g/mol. The fourth-order valence-electron chi connectivity index (χ4n) is 2.25. The number of hydrogen-bond donors (Lipinski definition) is 1. The summed E-state index contributed by atoms with van der Waals surface area (Å²) in [6, 6.07) is 11.8. The quantitative estimate of drug-likeness (QED) is 0.737. The number of aromatic nitrogens is 3. The Balaban J connectivity index is 1.88. The molecular formula is C15H17N5. The van der Waals surface area contributed by atoms with E-state index in [1.54, 1.807) is 10.7 Å². The van der Waals surface area contributed by atoms with Crippen LogP contribution in [0.2, 0.25) is 0 Å². The average Bonchev–Trinajstić information content (AvgIpc) is 2.92. The summed E-state index contributed by atoms with van der Waals surface area (Å²) in [6.45, 7) is 3.79. The van der Waals surface area contributed by atoms with Crippen LogP contribution in [0.5, 0.6) is 0 Å². The Morgan fingerprint density at radius 2 is 2.15 bits per heavy atom. The van der Waals surface area contributed by atoms with Crippen molar-refractivity contribution in [1.29, 1.82) is 0 Å². The van der Waals surface area contributed by atoms with E-state index in [0.29, 0.717) is 0 Å². The normalized spacial score (nSPS) is 10.8. The van der Waals surface area contributed by atoms with E-state index < -0.39 is 0 Å². The molecule has 2 N–H and O–H groups in total. The zero-order valence-corrected chi connectivity index (χ0v) is 11.4. The van der Waals surface area contributed by atoms with Crippen LogP contribution >= 0.6 is 0 Å². The van der Waals surface area contributed by atoms with Crippen LogP contribution in [0.1, 0.15) is 12.5 Å². The predicted octanol–water partition coefficient (Wildman–Crippen LogP) is 2.34. The van der Waals surface area contributed by atoms with Gasteiger partial charge in [-0.3, -0.25) is 0 Å². The monoisotopic (exact) mass is 267 g/mol. The van der Waals surface area contributed by atoms with Gasteiger partial charge in [0.15, 0.2) is 5.65 Å². The molecule has 3 aromatic rings. The first kappa shape index (κ1) is 12.5. The third-order valence-corrected chi connectivity index (χ3v) is 3.27. The Kier molecular flexibility index (Phi) is 3.25. The summed E-state index contributed by atoms with van der Waals surface area (Å²) in [7, 11) is 0. The minimum Gasteiger partial charge on any atom is -0.399 e. The molecule has 5 heteroatoms. The van der Waals surface area contributed by atoms with E-state index in [1.165, 1.54) is 5.56 Å². The topological polar surface area (TPSA) is 59.5 Å². The third kappa shape index (κ3) is 2.42. The Morgan fingerprint density at radius 3 is 2.95 bits per heavy atom. The summed E-state index contributed by atoms with van der Waals surface area (Å²) >= 11 is 0. The van der Waals surface area contributed by atoms with Crippen LogP contribution in [0.15, 0.2) is 48.8 Å². The van der Waals surface area contributed by atoms with Gasteiger partial charge >= 0.3 is 0 Å². The molecule has 0 radical (unpaired) electrons. The number of nitrogens with two attached hydrogens (primary N) is 1. The van der Waals surface area contributed by atoms with E-state index in [0.717, 1.165) is 30.2 Å². The Hall–Kier alpha value is -2.56. The lowest BCUT2D eigenvalue weighted by Crippen LogP contribution is -2.23. The molecule has 0 aliphatic carbocycles. The molecule has 0 aliphatic heterocycles. The summed E-state index contributed by atoms with van der Waals surface area (Å²) < 4.78 is 1.76. The number of fused-ring (bicyclic) bond motifs is 1. The van der Waals surface area contributed by atoms with Crippen LogP contribution in [-0.2, 0) is 6.54 Å². The second-order valence-electron chi connectivity index (χ2n) is 4.68. The van der Waals surface area contributed by atoms with Crippen LogP contribution in [0, 0.1) is 0 Å². The molecule has 2 aromatic heterocycles. The molecule has 102 valence electrons. The van der Waals surface area contributed by atoms with Gasteiger partial charge in [0.05, 0.1) is 6.20 Å². The van der Waals surface area contributed by atoms with E-state index in [1.807, 2.05) is 36.5 Å². The molecule has 1 aromatic carbocycles. The van der Waals surface area contributed by atoms with E-state index in [-0.39, 0.29) is 0 Å². The highest BCUT2D eigenvalue weighted by molar-refractivity contribution is 5.48. The van der Waals surface area contributed by atoms with Gasteiger partial charge in [-0.1, -0.05) is 12.1 Å². The van der Waals surface area contributed by atoms with Gasteiger partial charge in [-0.2, -0.15) is 5.10 Å². The van der Waals surface area contributed by atoms with Crippen LogP contribution < -0.4 is 10.6 Å². The molecule has 0 saturated carbocycles. The molecule has 0 amide bonds. The van der Waals surface area contributed by atoms with Crippen molar-refractivity contribution < 1.29 is 0 Å². The highest BCUT2D eigenvalue weighted by atomic mass is 15.3. The number of rotatable bonds is 4.